The molecule has 8 nitrogen and oxygen atoms in total. The minimum absolute atomic E-state index is 0.250. The average Bonchev–Trinajstić information content (AvgIpc) is 2.98. The quantitative estimate of drug-likeness (QED) is 0.683. The fourth-order valence-electron chi connectivity index (χ4n) is 2.65. The SMILES string of the molecule is CCc1ccc(C2OC(N)=C(OS(=O)(=O)Cc3ccc(F)cc3)C2=O)cc1.O=C=O. The van der Waals surface area contributed by atoms with Crippen LogP contribution in [0.1, 0.15) is 29.7 Å². The number of benzene rings is 2. The van der Waals surface area contributed by atoms with Crippen molar-refractivity contribution in [3.05, 3.63) is 82.7 Å². The molecule has 30 heavy (non-hydrogen) atoms. The predicted molar refractivity (Wildman–Crippen MR) is 101 cm³/mol. The van der Waals surface area contributed by atoms with E-state index in [-0.39, 0.29) is 12.0 Å². The van der Waals surface area contributed by atoms with E-state index < -0.39 is 39.3 Å². The molecule has 0 saturated carbocycles. The van der Waals surface area contributed by atoms with Gasteiger partial charge in [0, 0.05) is 5.56 Å². The molecular formula is C20H18FNO7S. The molecule has 0 fully saturated rings. The van der Waals surface area contributed by atoms with Gasteiger partial charge in [0.15, 0.2) is 6.10 Å². The summed E-state index contributed by atoms with van der Waals surface area (Å²) < 4.78 is 47.7. The summed E-state index contributed by atoms with van der Waals surface area (Å²) >= 11 is 0. The summed E-state index contributed by atoms with van der Waals surface area (Å²) in [5, 5.41) is 0. The van der Waals surface area contributed by atoms with Gasteiger partial charge in [0.1, 0.15) is 11.6 Å². The zero-order chi connectivity index (χ0) is 22.3. The van der Waals surface area contributed by atoms with E-state index in [1.54, 1.807) is 12.1 Å². The number of ketones is 1. The third-order valence-corrected chi connectivity index (χ3v) is 5.20. The summed E-state index contributed by atoms with van der Waals surface area (Å²) in [5.74, 6) is -2.61. The Hall–Kier alpha value is -3.49. The lowest BCUT2D eigenvalue weighted by molar-refractivity contribution is -0.191. The molecule has 1 unspecified atom stereocenters. The van der Waals surface area contributed by atoms with Crippen LogP contribution in [0.4, 0.5) is 4.39 Å². The first kappa shape index (κ1) is 22.8. The van der Waals surface area contributed by atoms with Gasteiger partial charge in [-0.25, -0.2) is 4.39 Å². The molecule has 1 aliphatic heterocycles. The lowest BCUT2D eigenvalue weighted by Crippen LogP contribution is -2.16. The van der Waals surface area contributed by atoms with E-state index in [1.807, 2.05) is 19.1 Å². The molecule has 3 rings (SSSR count). The fourth-order valence-corrected chi connectivity index (χ4v) is 3.72. The van der Waals surface area contributed by atoms with Crippen molar-refractivity contribution in [3.8, 4) is 0 Å². The van der Waals surface area contributed by atoms with Gasteiger partial charge in [0.05, 0.1) is 0 Å². The third-order valence-electron chi connectivity index (χ3n) is 4.09. The molecule has 0 spiro atoms. The zero-order valence-electron chi connectivity index (χ0n) is 15.8. The number of halogens is 1. The van der Waals surface area contributed by atoms with Crippen LogP contribution in [-0.4, -0.2) is 20.4 Å². The van der Waals surface area contributed by atoms with Crippen LogP contribution in [-0.2, 0) is 45.6 Å². The molecule has 158 valence electrons. The van der Waals surface area contributed by atoms with Crippen LogP contribution in [0.3, 0.4) is 0 Å². The van der Waals surface area contributed by atoms with Gasteiger partial charge < -0.3 is 14.7 Å². The number of hydrogen-bond donors (Lipinski definition) is 1. The van der Waals surface area contributed by atoms with Gasteiger partial charge in [-0.2, -0.15) is 18.0 Å². The molecule has 0 amide bonds. The molecule has 0 bridgehead atoms. The average molecular weight is 435 g/mol. The van der Waals surface area contributed by atoms with E-state index in [0.29, 0.717) is 11.1 Å². The van der Waals surface area contributed by atoms with Crippen LogP contribution in [0, 0.1) is 5.82 Å². The first-order chi connectivity index (χ1) is 14.2. The summed E-state index contributed by atoms with van der Waals surface area (Å²) in [6, 6.07) is 12.1. The van der Waals surface area contributed by atoms with Crippen LogP contribution < -0.4 is 5.73 Å². The smallest absolute Gasteiger partial charge is 0.373 e. The highest BCUT2D eigenvalue weighted by Crippen LogP contribution is 2.32. The Bertz CT molecular complexity index is 1070. The third kappa shape index (κ3) is 5.76. The van der Waals surface area contributed by atoms with Crippen molar-refractivity contribution in [3.63, 3.8) is 0 Å². The lowest BCUT2D eigenvalue weighted by Gasteiger charge is -2.10. The molecule has 0 aliphatic carbocycles. The Kier molecular flexibility index (Phi) is 7.46. The van der Waals surface area contributed by atoms with Crippen molar-refractivity contribution in [1.82, 2.24) is 0 Å². The van der Waals surface area contributed by atoms with Gasteiger partial charge in [-0.3, -0.25) is 4.79 Å². The van der Waals surface area contributed by atoms with Crippen molar-refractivity contribution in [1.29, 1.82) is 0 Å². The van der Waals surface area contributed by atoms with Crippen LogP contribution >= 0.6 is 0 Å². The van der Waals surface area contributed by atoms with Gasteiger partial charge in [-0.15, -0.1) is 0 Å². The van der Waals surface area contributed by atoms with E-state index in [9.17, 15) is 17.6 Å². The van der Waals surface area contributed by atoms with Crippen molar-refractivity contribution >= 4 is 22.1 Å². The summed E-state index contributed by atoms with van der Waals surface area (Å²) in [7, 11) is -4.17. The standard InChI is InChI=1S/C19H18FNO5S.CO2/c1-2-12-3-7-14(8-4-12)17-16(22)18(19(21)25-17)26-27(23,24)11-13-5-9-15(20)10-6-13;2-1-3/h3-10,17H,2,11,21H2,1H3;. The highest BCUT2D eigenvalue weighted by atomic mass is 32.2. The Labute approximate surface area is 172 Å². The number of aryl methyl sites for hydroxylation is 1. The number of Topliss-reactive ketones (excluding diaryl/α,β-unsaturated/α-hetero) is 1. The molecule has 2 N–H and O–H groups in total. The Morgan fingerprint density at radius 1 is 1.07 bits per heavy atom. The predicted octanol–water partition coefficient (Wildman–Crippen LogP) is 2.12. The summed E-state index contributed by atoms with van der Waals surface area (Å²) in [5.41, 5.74) is 7.62. The molecule has 1 aliphatic rings. The normalized spacial score (nSPS) is 15.7. The topological polar surface area (TPSA) is 130 Å². The van der Waals surface area contributed by atoms with Crippen molar-refractivity contribution in [2.75, 3.05) is 0 Å². The molecular weight excluding hydrogens is 417 g/mol. The first-order valence-electron chi connectivity index (χ1n) is 8.66. The number of carbonyl (C=O) groups excluding carboxylic acids is 3. The van der Waals surface area contributed by atoms with E-state index in [0.717, 1.165) is 24.1 Å². The minimum Gasteiger partial charge on any atom is -0.460 e. The molecule has 0 saturated heterocycles. The van der Waals surface area contributed by atoms with E-state index >= 15 is 0 Å². The largest absolute Gasteiger partial charge is 0.460 e. The second-order valence-electron chi connectivity index (χ2n) is 6.15. The molecule has 1 heterocycles. The highest BCUT2D eigenvalue weighted by Gasteiger charge is 2.39. The number of rotatable bonds is 6. The summed E-state index contributed by atoms with van der Waals surface area (Å²) in [4.78, 5) is 28.8. The maximum Gasteiger partial charge on any atom is 0.373 e. The van der Waals surface area contributed by atoms with E-state index in [2.05, 4.69) is 0 Å². The van der Waals surface area contributed by atoms with Gasteiger partial charge in [-0.1, -0.05) is 43.3 Å². The van der Waals surface area contributed by atoms with Crippen LogP contribution in [0.25, 0.3) is 0 Å². The number of nitrogens with two attached hydrogens (primary N) is 1. The Morgan fingerprint density at radius 3 is 2.13 bits per heavy atom. The molecule has 0 radical (unpaired) electrons. The van der Waals surface area contributed by atoms with Gasteiger partial charge in [0.25, 0.3) is 0 Å². The fraction of sp³-hybridized carbons (Fsp3) is 0.200. The highest BCUT2D eigenvalue weighted by molar-refractivity contribution is 7.86. The molecule has 2 aromatic carbocycles. The number of ether oxygens (including phenoxy) is 1. The van der Waals surface area contributed by atoms with Crippen LogP contribution in [0.2, 0.25) is 0 Å². The Morgan fingerprint density at radius 2 is 1.60 bits per heavy atom. The summed E-state index contributed by atoms with van der Waals surface area (Å²) in [6.45, 7) is 2.00. The molecule has 10 heteroatoms. The minimum atomic E-state index is -4.17. The van der Waals surface area contributed by atoms with Crippen molar-refractivity contribution in [2.45, 2.75) is 25.2 Å². The van der Waals surface area contributed by atoms with Crippen molar-refractivity contribution < 1.29 is 36.1 Å². The molecule has 0 aromatic heterocycles. The van der Waals surface area contributed by atoms with Gasteiger partial charge in [-0.05, 0) is 29.7 Å². The number of carbonyl (C=O) groups is 1. The van der Waals surface area contributed by atoms with Gasteiger partial charge >= 0.3 is 16.3 Å². The molecule has 2 aromatic rings. The maximum atomic E-state index is 12.9. The second-order valence-corrected chi connectivity index (χ2v) is 7.72. The number of hydrogen-bond acceptors (Lipinski definition) is 8. The lowest BCUT2D eigenvalue weighted by atomic mass is 10.0. The van der Waals surface area contributed by atoms with Crippen molar-refractivity contribution in [2.24, 2.45) is 5.73 Å². The maximum absolute atomic E-state index is 12.9. The zero-order valence-corrected chi connectivity index (χ0v) is 16.6. The van der Waals surface area contributed by atoms with E-state index in [4.69, 9.17) is 24.2 Å². The second kappa shape index (κ2) is 9.82. The monoisotopic (exact) mass is 435 g/mol. The van der Waals surface area contributed by atoms with Crippen LogP contribution in [0.15, 0.2) is 60.2 Å². The Balaban J connectivity index is 0.00000101. The molecule has 1 atom stereocenters. The van der Waals surface area contributed by atoms with E-state index in [1.165, 1.54) is 12.1 Å². The summed E-state index contributed by atoms with van der Waals surface area (Å²) in [6.07, 6.45) is 0.0442. The van der Waals surface area contributed by atoms with Gasteiger partial charge in [0.2, 0.25) is 17.4 Å². The first-order valence-corrected chi connectivity index (χ1v) is 10.2. The van der Waals surface area contributed by atoms with Crippen LogP contribution in [0.5, 0.6) is 0 Å².